The maximum atomic E-state index is 12.4. The van der Waals surface area contributed by atoms with E-state index in [4.69, 9.17) is 0 Å². The van der Waals surface area contributed by atoms with Gasteiger partial charge in [0.1, 0.15) is 0 Å². The first kappa shape index (κ1) is 12.9. The van der Waals surface area contributed by atoms with Crippen molar-refractivity contribution >= 4 is 11.8 Å². The van der Waals surface area contributed by atoms with Gasteiger partial charge in [0.15, 0.2) is 5.78 Å². The molecular weight excluding hydrogens is 208 g/mol. The fourth-order valence-electron chi connectivity index (χ4n) is 1.12. The number of rotatable bonds is 3. The van der Waals surface area contributed by atoms with Crippen LogP contribution in [0.5, 0.6) is 0 Å². The summed E-state index contributed by atoms with van der Waals surface area (Å²) in [5.74, 6) is -3.71. The Kier molecular flexibility index (Phi) is 3.61. The van der Waals surface area contributed by atoms with Crippen LogP contribution < -0.4 is 0 Å². The number of carbonyl (C=O) groups is 2. The summed E-state index contributed by atoms with van der Waals surface area (Å²) in [5.41, 5.74) is -3.39. The molecule has 0 rings (SSSR count). The van der Waals surface area contributed by atoms with Crippen LogP contribution >= 0.6 is 0 Å². The van der Waals surface area contributed by atoms with E-state index in [2.05, 4.69) is 4.94 Å². The smallest absolute Gasteiger partial charge is 0.298 e. The van der Waals surface area contributed by atoms with Gasteiger partial charge in [-0.15, -0.1) is 0 Å². The minimum atomic E-state index is -5.16. The highest BCUT2D eigenvalue weighted by molar-refractivity contribution is 6.03. The van der Waals surface area contributed by atoms with Crippen molar-refractivity contribution in [1.29, 1.82) is 0 Å². The van der Waals surface area contributed by atoms with E-state index in [0.29, 0.717) is 6.92 Å². The van der Waals surface area contributed by atoms with Crippen molar-refractivity contribution in [3.63, 3.8) is 0 Å². The molecule has 0 amide bonds. The third kappa shape index (κ3) is 1.71. The average molecular weight is 216 g/mol. The molecule has 1 unspecified atom stereocenters. The van der Waals surface area contributed by atoms with Crippen molar-refractivity contribution in [3.8, 4) is 0 Å². The zero-order valence-corrected chi connectivity index (χ0v) is 7.44. The Morgan fingerprint density at radius 2 is 1.71 bits per heavy atom. The molecule has 0 aromatic carbocycles. The molecule has 0 heterocycles. The van der Waals surface area contributed by atoms with E-state index in [-0.39, 0.29) is 0 Å². The lowest BCUT2D eigenvalue weighted by atomic mass is 9.80. The van der Waals surface area contributed by atoms with Gasteiger partial charge in [0.2, 0.25) is 5.41 Å². The van der Waals surface area contributed by atoms with Crippen LogP contribution in [0.15, 0.2) is 0 Å². The van der Waals surface area contributed by atoms with Gasteiger partial charge in [-0.2, -0.15) is 13.2 Å². The van der Waals surface area contributed by atoms with Crippen molar-refractivity contribution < 1.29 is 32.2 Å². The molecule has 82 valence electrons. The van der Waals surface area contributed by atoms with Gasteiger partial charge in [-0.25, -0.2) is 4.79 Å². The Bertz CT molecular complexity index is 248. The van der Waals surface area contributed by atoms with E-state index in [1.807, 2.05) is 0 Å². The minimum absolute atomic E-state index is 0.563. The van der Waals surface area contributed by atoms with E-state index >= 15 is 0 Å². The Morgan fingerprint density at radius 1 is 1.29 bits per heavy atom. The molecule has 0 N–H and O–H groups in total. The van der Waals surface area contributed by atoms with Gasteiger partial charge >= 0.3 is 12.1 Å². The molecule has 1 atom stereocenters. The number of hydrogen-bond donors (Lipinski definition) is 0. The van der Waals surface area contributed by atoms with Gasteiger partial charge < -0.3 is 0 Å². The first-order chi connectivity index (χ1) is 6.24. The molecule has 0 aliphatic heterocycles. The van der Waals surface area contributed by atoms with Crippen LogP contribution in [0.2, 0.25) is 0 Å². The fraction of sp³-hybridized carbons (Fsp3) is 0.714. The molecule has 0 spiro atoms. The summed E-state index contributed by atoms with van der Waals surface area (Å²) in [6.45, 7) is 1.51. The first-order valence-electron chi connectivity index (χ1n) is 3.64. The summed E-state index contributed by atoms with van der Waals surface area (Å²) < 4.78 is 48.6. The second-order valence-electron chi connectivity index (χ2n) is 2.68. The second kappa shape index (κ2) is 3.93. The third-order valence-electron chi connectivity index (χ3n) is 2.03. The second-order valence-corrected chi connectivity index (χ2v) is 2.68. The van der Waals surface area contributed by atoms with Crippen LogP contribution in [0.3, 0.4) is 0 Å². The SMILES string of the molecule is CCC(C(C)=O)(C(=O)OF)C(F)(F)F. The van der Waals surface area contributed by atoms with Crippen LogP contribution in [0.4, 0.5) is 17.7 Å². The van der Waals surface area contributed by atoms with Crippen LogP contribution in [-0.2, 0) is 14.5 Å². The van der Waals surface area contributed by atoms with Crippen molar-refractivity contribution in [2.24, 2.45) is 5.41 Å². The van der Waals surface area contributed by atoms with Gasteiger partial charge in [0.25, 0.3) is 0 Å². The molecule has 0 fully saturated rings. The minimum Gasteiger partial charge on any atom is -0.298 e. The summed E-state index contributed by atoms with van der Waals surface area (Å²) in [6, 6.07) is 0. The molecule has 0 aliphatic rings. The Hall–Kier alpha value is -1.14. The van der Waals surface area contributed by atoms with Crippen LogP contribution in [0, 0.1) is 5.41 Å². The number of hydrogen-bond acceptors (Lipinski definition) is 3. The lowest BCUT2D eigenvalue weighted by Gasteiger charge is -2.27. The molecule has 0 aromatic rings. The molecule has 14 heavy (non-hydrogen) atoms. The summed E-state index contributed by atoms with van der Waals surface area (Å²) in [4.78, 5) is 23.9. The first-order valence-corrected chi connectivity index (χ1v) is 3.64. The summed E-state index contributed by atoms with van der Waals surface area (Å²) in [7, 11) is 0. The molecule has 0 saturated heterocycles. The van der Waals surface area contributed by atoms with E-state index in [9.17, 15) is 27.3 Å². The predicted molar refractivity (Wildman–Crippen MR) is 36.7 cm³/mol. The van der Waals surface area contributed by atoms with E-state index in [1.54, 1.807) is 0 Å². The highest BCUT2D eigenvalue weighted by atomic mass is 19.4. The largest absolute Gasteiger partial charge is 0.411 e. The number of alkyl halides is 3. The Labute approximate surface area is 76.9 Å². The molecule has 0 bridgehead atoms. The van der Waals surface area contributed by atoms with E-state index in [0.717, 1.165) is 6.92 Å². The summed E-state index contributed by atoms with van der Waals surface area (Å²) >= 11 is 0. The molecule has 0 aromatic heterocycles. The maximum absolute atomic E-state index is 12.4. The molecular formula is C7H8F4O3. The van der Waals surface area contributed by atoms with E-state index < -0.39 is 29.8 Å². The summed E-state index contributed by atoms with van der Waals surface area (Å²) in [6.07, 6.45) is -6.05. The number of ketones is 1. The molecule has 7 heteroatoms. The number of Topliss-reactive ketones (excluding diaryl/α,β-unsaturated/α-hetero) is 1. The van der Waals surface area contributed by atoms with Gasteiger partial charge in [-0.05, 0) is 13.3 Å². The zero-order chi connectivity index (χ0) is 11.6. The van der Waals surface area contributed by atoms with Gasteiger partial charge in [-0.3, -0.25) is 9.74 Å². The van der Waals surface area contributed by atoms with Gasteiger partial charge in [0, 0.05) is 4.53 Å². The highest BCUT2D eigenvalue weighted by Crippen LogP contribution is 2.43. The van der Waals surface area contributed by atoms with Gasteiger partial charge in [-0.1, -0.05) is 6.92 Å². The van der Waals surface area contributed by atoms with Crippen molar-refractivity contribution in [2.75, 3.05) is 0 Å². The topological polar surface area (TPSA) is 43.4 Å². The van der Waals surface area contributed by atoms with E-state index in [1.165, 1.54) is 0 Å². The lowest BCUT2D eigenvalue weighted by Crippen LogP contribution is -2.50. The third-order valence-corrected chi connectivity index (χ3v) is 2.03. The lowest BCUT2D eigenvalue weighted by molar-refractivity contribution is -0.248. The molecule has 0 aliphatic carbocycles. The van der Waals surface area contributed by atoms with Crippen molar-refractivity contribution in [3.05, 3.63) is 0 Å². The van der Waals surface area contributed by atoms with Crippen LogP contribution in [-0.4, -0.2) is 17.9 Å². The highest BCUT2D eigenvalue weighted by Gasteiger charge is 2.64. The molecule has 0 saturated carbocycles. The normalized spacial score (nSPS) is 15.9. The van der Waals surface area contributed by atoms with Crippen LogP contribution in [0.25, 0.3) is 0 Å². The predicted octanol–water partition coefficient (Wildman–Crippen LogP) is 1.96. The fourth-order valence-corrected chi connectivity index (χ4v) is 1.12. The zero-order valence-electron chi connectivity index (χ0n) is 7.44. The summed E-state index contributed by atoms with van der Waals surface area (Å²) in [5, 5.41) is 0. The van der Waals surface area contributed by atoms with Crippen molar-refractivity contribution in [2.45, 2.75) is 26.4 Å². The van der Waals surface area contributed by atoms with Crippen LogP contribution in [0.1, 0.15) is 20.3 Å². The number of carbonyl (C=O) groups excluding carboxylic acids is 2. The quantitative estimate of drug-likeness (QED) is 0.535. The standard InChI is InChI=1S/C7H8F4O3/c1-3-6(4(2)12,5(13)14-11)7(8,9)10/h3H2,1-2H3. The van der Waals surface area contributed by atoms with Gasteiger partial charge in [0.05, 0.1) is 0 Å². The van der Waals surface area contributed by atoms with Crippen molar-refractivity contribution in [1.82, 2.24) is 0 Å². The maximum Gasteiger partial charge on any atom is 0.411 e. The average Bonchev–Trinajstić information content (AvgIpc) is 2.02. The molecule has 3 nitrogen and oxygen atoms in total. The monoisotopic (exact) mass is 216 g/mol. The molecule has 0 radical (unpaired) electrons. The Balaban J connectivity index is 5.44. The number of halogens is 4. The Morgan fingerprint density at radius 3 is 1.79 bits per heavy atom.